The average molecular weight is 283 g/mol. The van der Waals surface area contributed by atoms with Crippen LogP contribution in [0.1, 0.15) is 73.1 Å². The van der Waals surface area contributed by atoms with Crippen molar-refractivity contribution in [2.24, 2.45) is 17.6 Å². The second-order valence-corrected chi connectivity index (χ2v) is 6.32. The molecular weight excluding hydrogens is 250 g/mol. The summed E-state index contributed by atoms with van der Waals surface area (Å²) >= 11 is 0. The van der Waals surface area contributed by atoms with Crippen molar-refractivity contribution in [3.8, 4) is 0 Å². The maximum atomic E-state index is 12.0. The number of nitrogens with two attached hydrogens (primary N) is 1. The van der Waals surface area contributed by atoms with Crippen LogP contribution in [0.5, 0.6) is 0 Å². The van der Waals surface area contributed by atoms with Crippen molar-refractivity contribution in [2.45, 2.75) is 73.1 Å². The van der Waals surface area contributed by atoms with E-state index in [1.54, 1.807) is 0 Å². The van der Waals surface area contributed by atoms with Crippen LogP contribution in [0.15, 0.2) is 11.3 Å². The van der Waals surface area contributed by atoms with E-state index < -0.39 is 0 Å². The lowest BCUT2D eigenvalue weighted by Gasteiger charge is -2.11. The summed E-state index contributed by atoms with van der Waals surface area (Å²) in [5.41, 5.74) is 7.42. The minimum atomic E-state index is -0.224. The Morgan fingerprint density at radius 3 is 2.10 bits per heavy atom. The molecule has 0 saturated heterocycles. The van der Waals surface area contributed by atoms with Gasteiger partial charge < -0.3 is 10.5 Å². The highest BCUT2D eigenvalue weighted by Crippen LogP contribution is 2.15. The molecule has 118 valence electrons. The highest BCUT2D eigenvalue weighted by molar-refractivity contribution is 5.89. The summed E-state index contributed by atoms with van der Waals surface area (Å²) in [6.45, 7) is 11.2. The second kappa shape index (κ2) is 10.8. The van der Waals surface area contributed by atoms with E-state index in [4.69, 9.17) is 10.5 Å². The first-order valence-electron chi connectivity index (χ1n) is 8.03. The average Bonchev–Trinajstić information content (AvgIpc) is 2.34. The predicted molar refractivity (Wildman–Crippen MR) is 85.2 cm³/mol. The van der Waals surface area contributed by atoms with Crippen LogP contribution in [0.2, 0.25) is 0 Å². The number of ether oxygens (including phenoxy) is 1. The van der Waals surface area contributed by atoms with Gasteiger partial charge in [0.25, 0.3) is 0 Å². The molecular formula is C17H33NO2. The van der Waals surface area contributed by atoms with E-state index in [9.17, 15) is 4.79 Å². The van der Waals surface area contributed by atoms with Crippen molar-refractivity contribution < 1.29 is 9.53 Å². The molecule has 0 aliphatic rings. The number of allylic oxidation sites excluding steroid dienone is 1. The van der Waals surface area contributed by atoms with Crippen LogP contribution in [0.25, 0.3) is 0 Å². The molecule has 0 rings (SSSR count). The zero-order valence-corrected chi connectivity index (χ0v) is 14.0. The highest BCUT2D eigenvalue weighted by Gasteiger charge is 2.13. The van der Waals surface area contributed by atoms with Crippen LogP contribution in [-0.4, -0.2) is 12.6 Å². The fourth-order valence-corrected chi connectivity index (χ4v) is 2.10. The Kier molecular flexibility index (Phi) is 10.2. The zero-order chi connectivity index (χ0) is 15.5. The monoisotopic (exact) mass is 283 g/mol. The SMILES string of the molecule is CCC(C(=O)OCCCC(C)C)=C(N)CCCC(C)C. The van der Waals surface area contributed by atoms with Gasteiger partial charge in [-0.3, -0.25) is 0 Å². The molecule has 3 heteroatoms. The number of hydrogen-bond donors (Lipinski definition) is 1. The Morgan fingerprint density at radius 2 is 1.60 bits per heavy atom. The van der Waals surface area contributed by atoms with Crippen molar-refractivity contribution in [2.75, 3.05) is 6.61 Å². The first-order chi connectivity index (χ1) is 9.38. The van der Waals surface area contributed by atoms with E-state index in [1.807, 2.05) is 6.92 Å². The van der Waals surface area contributed by atoms with E-state index in [0.29, 0.717) is 36.1 Å². The summed E-state index contributed by atoms with van der Waals surface area (Å²) in [7, 11) is 0. The number of rotatable bonds is 10. The Bertz CT molecular complexity index is 306. The topological polar surface area (TPSA) is 52.3 Å². The third-order valence-electron chi connectivity index (χ3n) is 3.37. The Morgan fingerprint density at radius 1 is 1.05 bits per heavy atom. The molecule has 0 amide bonds. The number of hydrogen-bond acceptors (Lipinski definition) is 3. The van der Waals surface area contributed by atoms with Gasteiger partial charge in [-0.1, -0.05) is 41.0 Å². The Labute approximate surface area is 125 Å². The van der Waals surface area contributed by atoms with Crippen LogP contribution in [-0.2, 0) is 9.53 Å². The van der Waals surface area contributed by atoms with Crippen molar-refractivity contribution in [1.29, 1.82) is 0 Å². The quantitative estimate of drug-likeness (QED) is 0.367. The molecule has 0 aromatic rings. The Hall–Kier alpha value is -0.990. The molecule has 0 fully saturated rings. The lowest BCUT2D eigenvalue weighted by atomic mass is 10.0. The molecule has 3 nitrogen and oxygen atoms in total. The molecule has 0 aliphatic heterocycles. The van der Waals surface area contributed by atoms with E-state index >= 15 is 0 Å². The van der Waals surface area contributed by atoms with E-state index in [-0.39, 0.29) is 5.97 Å². The van der Waals surface area contributed by atoms with Gasteiger partial charge in [-0.2, -0.15) is 0 Å². The normalized spacial score (nSPS) is 12.8. The van der Waals surface area contributed by atoms with Gasteiger partial charge >= 0.3 is 5.97 Å². The van der Waals surface area contributed by atoms with E-state index in [2.05, 4.69) is 27.7 Å². The van der Waals surface area contributed by atoms with Gasteiger partial charge in [-0.25, -0.2) is 4.79 Å². The maximum absolute atomic E-state index is 12.0. The summed E-state index contributed by atoms with van der Waals surface area (Å²) in [6, 6.07) is 0. The van der Waals surface area contributed by atoms with Crippen LogP contribution in [0.4, 0.5) is 0 Å². The molecule has 0 heterocycles. The minimum absolute atomic E-state index is 0.224. The smallest absolute Gasteiger partial charge is 0.335 e. The van der Waals surface area contributed by atoms with E-state index in [1.165, 1.54) is 0 Å². The van der Waals surface area contributed by atoms with Crippen molar-refractivity contribution in [1.82, 2.24) is 0 Å². The summed E-state index contributed by atoms with van der Waals surface area (Å²) < 4.78 is 5.32. The van der Waals surface area contributed by atoms with Crippen LogP contribution >= 0.6 is 0 Å². The molecule has 0 bridgehead atoms. The van der Waals surface area contributed by atoms with Crippen LogP contribution < -0.4 is 5.73 Å². The van der Waals surface area contributed by atoms with Crippen LogP contribution in [0, 0.1) is 11.8 Å². The molecule has 2 N–H and O–H groups in total. The molecule has 0 saturated carbocycles. The number of carbonyl (C=O) groups is 1. The molecule has 0 aromatic carbocycles. The molecule has 0 atom stereocenters. The van der Waals surface area contributed by atoms with Gasteiger partial charge in [0, 0.05) is 5.70 Å². The van der Waals surface area contributed by atoms with Crippen molar-refractivity contribution in [3.63, 3.8) is 0 Å². The largest absolute Gasteiger partial charge is 0.462 e. The van der Waals surface area contributed by atoms with Gasteiger partial charge in [0.05, 0.1) is 12.2 Å². The van der Waals surface area contributed by atoms with Crippen molar-refractivity contribution >= 4 is 5.97 Å². The molecule has 20 heavy (non-hydrogen) atoms. The number of esters is 1. The van der Waals surface area contributed by atoms with Gasteiger partial charge in [-0.05, 0) is 43.9 Å². The first-order valence-corrected chi connectivity index (χ1v) is 8.03. The third kappa shape index (κ3) is 9.00. The fourth-order valence-electron chi connectivity index (χ4n) is 2.10. The summed E-state index contributed by atoms with van der Waals surface area (Å²) in [5.74, 6) is 1.10. The lowest BCUT2D eigenvalue weighted by Crippen LogP contribution is -2.15. The third-order valence-corrected chi connectivity index (χ3v) is 3.37. The molecule has 0 aliphatic carbocycles. The van der Waals surface area contributed by atoms with E-state index in [0.717, 1.165) is 32.1 Å². The van der Waals surface area contributed by atoms with Gasteiger partial charge in [-0.15, -0.1) is 0 Å². The van der Waals surface area contributed by atoms with Gasteiger partial charge in [0.1, 0.15) is 0 Å². The summed E-state index contributed by atoms with van der Waals surface area (Å²) in [6.07, 6.45) is 5.63. The van der Waals surface area contributed by atoms with Crippen molar-refractivity contribution in [3.05, 3.63) is 11.3 Å². The summed E-state index contributed by atoms with van der Waals surface area (Å²) in [4.78, 5) is 12.0. The lowest BCUT2D eigenvalue weighted by molar-refractivity contribution is -0.139. The standard InChI is InChI=1S/C17H33NO2/c1-6-15(16(18)11-7-9-13(2)3)17(19)20-12-8-10-14(4)5/h13-14H,6-12,18H2,1-5H3. The molecule has 0 spiro atoms. The molecule has 0 unspecified atom stereocenters. The maximum Gasteiger partial charge on any atom is 0.335 e. The first kappa shape index (κ1) is 19.0. The summed E-state index contributed by atoms with van der Waals surface area (Å²) in [5, 5.41) is 0. The molecule has 0 aromatic heterocycles. The predicted octanol–water partition coefficient (Wildman–Crippen LogP) is 4.41. The fraction of sp³-hybridized carbons (Fsp3) is 0.824. The molecule has 0 radical (unpaired) electrons. The van der Waals surface area contributed by atoms with Crippen LogP contribution in [0.3, 0.4) is 0 Å². The second-order valence-electron chi connectivity index (χ2n) is 6.32. The zero-order valence-electron chi connectivity index (χ0n) is 14.0. The van der Waals surface area contributed by atoms with Gasteiger partial charge in [0.15, 0.2) is 0 Å². The number of carbonyl (C=O) groups excluding carboxylic acids is 1. The highest BCUT2D eigenvalue weighted by atomic mass is 16.5. The Balaban J connectivity index is 4.22. The minimum Gasteiger partial charge on any atom is -0.462 e. The van der Waals surface area contributed by atoms with Gasteiger partial charge in [0.2, 0.25) is 0 Å².